The Hall–Kier alpha value is -1.90. The molecule has 0 unspecified atom stereocenters. The standard InChI is InChI=1S/C12H16N4O3S/c1-19-12-5-3-2-4-11(12)16-9-10(8-14-16)20(17,18)15-7-6-13/h2-5,8-9,15H,6-7,13H2,1H3. The molecular formula is C12H16N4O3S. The number of hydrogen-bond donors (Lipinski definition) is 2. The van der Waals surface area contributed by atoms with Crippen molar-refractivity contribution in [3.8, 4) is 11.4 Å². The quantitative estimate of drug-likeness (QED) is 0.788. The number of benzene rings is 1. The van der Waals surface area contributed by atoms with Crippen LogP contribution in [-0.2, 0) is 10.0 Å². The maximum Gasteiger partial charge on any atom is 0.243 e. The van der Waals surface area contributed by atoms with E-state index in [1.54, 1.807) is 19.2 Å². The van der Waals surface area contributed by atoms with Gasteiger partial charge in [-0.2, -0.15) is 5.10 Å². The zero-order chi connectivity index (χ0) is 14.6. The minimum atomic E-state index is -3.58. The predicted octanol–water partition coefficient (Wildman–Crippen LogP) is 0.118. The average Bonchev–Trinajstić information content (AvgIpc) is 2.95. The molecule has 0 aliphatic heterocycles. The summed E-state index contributed by atoms with van der Waals surface area (Å²) in [5, 5.41) is 4.06. The first kappa shape index (κ1) is 14.5. The van der Waals surface area contributed by atoms with Crippen molar-refractivity contribution in [2.24, 2.45) is 5.73 Å². The van der Waals surface area contributed by atoms with Gasteiger partial charge in [-0.1, -0.05) is 12.1 Å². The highest BCUT2D eigenvalue weighted by atomic mass is 32.2. The second-order valence-electron chi connectivity index (χ2n) is 3.98. The monoisotopic (exact) mass is 296 g/mol. The third-order valence-electron chi connectivity index (χ3n) is 2.64. The summed E-state index contributed by atoms with van der Waals surface area (Å²) < 4.78 is 32.9. The highest BCUT2D eigenvalue weighted by Gasteiger charge is 2.16. The molecule has 20 heavy (non-hydrogen) atoms. The van der Waals surface area contributed by atoms with Crippen LogP contribution in [0, 0.1) is 0 Å². The Morgan fingerprint density at radius 2 is 2.15 bits per heavy atom. The van der Waals surface area contributed by atoms with Crippen LogP contribution in [0.1, 0.15) is 0 Å². The van der Waals surface area contributed by atoms with Crippen molar-refractivity contribution in [2.45, 2.75) is 4.90 Å². The maximum atomic E-state index is 11.9. The molecule has 0 fully saturated rings. The fraction of sp³-hybridized carbons (Fsp3) is 0.250. The van der Waals surface area contributed by atoms with Crippen LogP contribution >= 0.6 is 0 Å². The Bertz CT molecular complexity index is 682. The number of methoxy groups -OCH3 is 1. The summed E-state index contributed by atoms with van der Waals surface area (Å²) in [5.41, 5.74) is 5.95. The van der Waals surface area contributed by atoms with Crippen LogP contribution in [0.4, 0.5) is 0 Å². The molecule has 2 rings (SSSR count). The van der Waals surface area contributed by atoms with Crippen LogP contribution < -0.4 is 15.2 Å². The average molecular weight is 296 g/mol. The van der Waals surface area contributed by atoms with Gasteiger partial charge < -0.3 is 10.5 Å². The van der Waals surface area contributed by atoms with Gasteiger partial charge >= 0.3 is 0 Å². The molecule has 7 nitrogen and oxygen atoms in total. The number of rotatable bonds is 6. The van der Waals surface area contributed by atoms with Gasteiger partial charge in [0.05, 0.1) is 19.5 Å². The van der Waals surface area contributed by atoms with Gasteiger partial charge in [-0.3, -0.25) is 0 Å². The number of nitrogens with zero attached hydrogens (tertiary/aromatic N) is 2. The number of aromatic nitrogens is 2. The molecule has 2 aromatic rings. The van der Waals surface area contributed by atoms with Gasteiger partial charge in [0, 0.05) is 13.1 Å². The van der Waals surface area contributed by atoms with Crippen LogP contribution in [-0.4, -0.2) is 38.4 Å². The number of nitrogens with one attached hydrogen (secondary N) is 1. The molecular weight excluding hydrogens is 280 g/mol. The first-order chi connectivity index (χ1) is 9.58. The summed E-state index contributed by atoms with van der Waals surface area (Å²) in [6, 6.07) is 7.21. The molecule has 0 atom stereocenters. The third kappa shape index (κ3) is 2.98. The third-order valence-corrected chi connectivity index (χ3v) is 4.05. The molecule has 3 N–H and O–H groups in total. The Kier molecular flexibility index (Phi) is 4.38. The van der Waals surface area contributed by atoms with Crippen LogP contribution in [0.3, 0.4) is 0 Å². The normalized spacial score (nSPS) is 11.5. The number of ether oxygens (including phenoxy) is 1. The molecule has 0 aliphatic rings. The molecule has 0 saturated heterocycles. The van der Waals surface area contributed by atoms with Gasteiger partial charge in [-0.25, -0.2) is 17.8 Å². The van der Waals surface area contributed by atoms with E-state index in [4.69, 9.17) is 10.5 Å². The number of sulfonamides is 1. The zero-order valence-electron chi connectivity index (χ0n) is 11.0. The van der Waals surface area contributed by atoms with Gasteiger partial charge in [0.2, 0.25) is 10.0 Å². The summed E-state index contributed by atoms with van der Waals surface area (Å²) in [6.07, 6.45) is 2.71. The van der Waals surface area contributed by atoms with Crippen molar-refractivity contribution in [1.82, 2.24) is 14.5 Å². The summed E-state index contributed by atoms with van der Waals surface area (Å²) >= 11 is 0. The maximum absolute atomic E-state index is 11.9. The Labute approximate surface area is 117 Å². The summed E-state index contributed by atoms with van der Waals surface area (Å²) in [6.45, 7) is 0.419. The van der Waals surface area contributed by atoms with Gasteiger partial charge in [-0.05, 0) is 12.1 Å². The molecule has 0 amide bonds. The van der Waals surface area contributed by atoms with Gasteiger partial charge in [0.15, 0.2) is 0 Å². The lowest BCUT2D eigenvalue weighted by molar-refractivity contribution is 0.411. The van der Waals surface area contributed by atoms with Gasteiger partial charge in [0.25, 0.3) is 0 Å². The van der Waals surface area contributed by atoms with E-state index in [0.29, 0.717) is 11.4 Å². The highest BCUT2D eigenvalue weighted by Crippen LogP contribution is 2.22. The van der Waals surface area contributed by atoms with Crippen molar-refractivity contribution in [3.63, 3.8) is 0 Å². The number of nitrogens with two attached hydrogens (primary N) is 1. The molecule has 1 aromatic heterocycles. The summed E-state index contributed by atoms with van der Waals surface area (Å²) in [7, 11) is -2.04. The molecule has 0 saturated carbocycles. The molecule has 0 radical (unpaired) electrons. The van der Waals surface area contributed by atoms with E-state index in [0.717, 1.165) is 0 Å². The lowest BCUT2D eigenvalue weighted by atomic mass is 10.3. The van der Waals surface area contributed by atoms with Crippen LogP contribution in [0.15, 0.2) is 41.6 Å². The van der Waals surface area contributed by atoms with E-state index in [9.17, 15) is 8.42 Å². The lowest BCUT2D eigenvalue weighted by Crippen LogP contribution is -2.28. The summed E-state index contributed by atoms with van der Waals surface area (Å²) in [4.78, 5) is 0.0804. The minimum Gasteiger partial charge on any atom is -0.494 e. The minimum absolute atomic E-state index is 0.0804. The summed E-state index contributed by atoms with van der Waals surface area (Å²) in [5.74, 6) is 0.606. The van der Waals surface area contributed by atoms with Crippen molar-refractivity contribution < 1.29 is 13.2 Å². The van der Waals surface area contributed by atoms with E-state index >= 15 is 0 Å². The highest BCUT2D eigenvalue weighted by molar-refractivity contribution is 7.89. The van der Waals surface area contributed by atoms with Crippen LogP contribution in [0.25, 0.3) is 5.69 Å². The fourth-order valence-electron chi connectivity index (χ4n) is 1.67. The van der Waals surface area contributed by atoms with Crippen molar-refractivity contribution in [1.29, 1.82) is 0 Å². The molecule has 0 aliphatic carbocycles. The second kappa shape index (κ2) is 6.04. The molecule has 0 bridgehead atoms. The lowest BCUT2D eigenvalue weighted by Gasteiger charge is -2.07. The van der Waals surface area contributed by atoms with Crippen molar-refractivity contribution >= 4 is 10.0 Å². The van der Waals surface area contributed by atoms with E-state index in [1.165, 1.54) is 17.1 Å². The zero-order valence-corrected chi connectivity index (χ0v) is 11.8. The van der Waals surface area contributed by atoms with E-state index < -0.39 is 10.0 Å². The van der Waals surface area contributed by atoms with Crippen LogP contribution in [0.5, 0.6) is 5.75 Å². The Morgan fingerprint density at radius 1 is 1.40 bits per heavy atom. The Balaban J connectivity index is 2.34. The Morgan fingerprint density at radius 3 is 2.85 bits per heavy atom. The topological polar surface area (TPSA) is 99.2 Å². The first-order valence-corrected chi connectivity index (χ1v) is 7.44. The molecule has 1 heterocycles. The first-order valence-electron chi connectivity index (χ1n) is 5.96. The van der Waals surface area contributed by atoms with Crippen LogP contribution in [0.2, 0.25) is 0 Å². The van der Waals surface area contributed by atoms with E-state index in [-0.39, 0.29) is 18.0 Å². The smallest absolute Gasteiger partial charge is 0.243 e. The van der Waals surface area contributed by atoms with E-state index in [2.05, 4.69) is 9.82 Å². The van der Waals surface area contributed by atoms with E-state index in [1.807, 2.05) is 12.1 Å². The second-order valence-corrected chi connectivity index (χ2v) is 5.75. The predicted molar refractivity (Wildman–Crippen MR) is 74.4 cm³/mol. The number of para-hydroxylation sites is 2. The van der Waals surface area contributed by atoms with Crippen molar-refractivity contribution in [2.75, 3.05) is 20.2 Å². The molecule has 1 aromatic carbocycles. The van der Waals surface area contributed by atoms with Gasteiger partial charge in [0.1, 0.15) is 16.3 Å². The molecule has 0 spiro atoms. The molecule has 108 valence electrons. The fourth-order valence-corrected chi connectivity index (χ4v) is 2.65. The number of hydrogen-bond acceptors (Lipinski definition) is 5. The van der Waals surface area contributed by atoms with Crippen molar-refractivity contribution in [3.05, 3.63) is 36.7 Å². The SMILES string of the molecule is COc1ccccc1-n1cc(S(=O)(=O)NCCN)cn1. The largest absolute Gasteiger partial charge is 0.494 e. The van der Waals surface area contributed by atoms with Gasteiger partial charge in [-0.15, -0.1) is 0 Å². The molecule has 8 heteroatoms.